The Balaban J connectivity index is 1.87. The third-order valence-electron chi connectivity index (χ3n) is 2.95. The quantitative estimate of drug-likeness (QED) is 0.512. The first-order valence-corrected chi connectivity index (χ1v) is 6.90. The van der Waals surface area contributed by atoms with Gasteiger partial charge in [0.25, 0.3) is 0 Å². The molecular formula is C14H13IN2. The van der Waals surface area contributed by atoms with Gasteiger partial charge in [0.2, 0.25) is 0 Å². The fourth-order valence-electron chi connectivity index (χ4n) is 2.12. The lowest BCUT2D eigenvalue weighted by Gasteiger charge is -2.19. The van der Waals surface area contributed by atoms with E-state index in [2.05, 4.69) is 87.6 Å². The fourth-order valence-corrected chi connectivity index (χ4v) is 2.98. The van der Waals surface area contributed by atoms with E-state index in [4.69, 9.17) is 0 Å². The van der Waals surface area contributed by atoms with Crippen LogP contribution in [0.2, 0.25) is 0 Å². The molecule has 0 saturated heterocycles. The lowest BCUT2D eigenvalue weighted by Crippen LogP contribution is -2.32. The van der Waals surface area contributed by atoms with E-state index in [1.165, 1.54) is 16.8 Å². The topological polar surface area (TPSA) is 15.3 Å². The number of anilines is 1. The molecule has 0 radical (unpaired) electrons. The first kappa shape index (κ1) is 11.0. The zero-order valence-corrected chi connectivity index (χ0v) is 11.5. The summed E-state index contributed by atoms with van der Waals surface area (Å²) in [7, 11) is 0. The van der Waals surface area contributed by atoms with Crippen LogP contribution in [0.1, 0.15) is 15.2 Å². The Morgan fingerprint density at radius 2 is 1.71 bits per heavy atom. The van der Waals surface area contributed by atoms with E-state index in [9.17, 15) is 0 Å². The van der Waals surface area contributed by atoms with Gasteiger partial charge in [-0.2, -0.15) is 0 Å². The summed E-state index contributed by atoms with van der Waals surface area (Å²) in [4.78, 5) is 0. The summed E-state index contributed by atoms with van der Waals surface area (Å²) >= 11 is 2.43. The molecule has 0 saturated carbocycles. The number of hydrogen-bond donors (Lipinski definition) is 1. The van der Waals surface area contributed by atoms with Gasteiger partial charge in [0.05, 0.1) is 12.2 Å². The molecule has 3 heteroatoms. The lowest BCUT2D eigenvalue weighted by molar-refractivity contribution is 0.671. The van der Waals surface area contributed by atoms with Gasteiger partial charge in [0, 0.05) is 5.56 Å². The molecule has 86 valence electrons. The summed E-state index contributed by atoms with van der Waals surface area (Å²) in [6.45, 7) is 0.900. The van der Waals surface area contributed by atoms with Crippen molar-refractivity contribution < 1.29 is 0 Å². The Hall–Kier alpha value is -1.07. The van der Waals surface area contributed by atoms with E-state index in [1.807, 2.05) is 0 Å². The van der Waals surface area contributed by atoms with Crippen LogP contribution in [0, 0.1) is 0 Å². The van der Waals surface area contributed by atoms with Crippen molar-refractivity contribution in [3.05, 3.63) is 65.7 Å². The third-order valence-corrected chi connectivity index (χ3v) is 3.90. The number of benzene rings is 2. The largest absolute Gasteiger partial charge is 0.302 e. The van der Waals surface area contributed by atoms with Gasteiger partial charge in [0.1, 0.15) is 4.05 Å². The Bertz CT molecular complexity index is 513. The highest BCUT2D eigenvalue weighted by molar-refractivity contribution is 14.1. The van der Waals surface area contributed by atoms with Crippen molar-refractivity contribution in [3.63, 3.8) is 0 Å². The van der Waals surface area contributed by atoms with Crippen LogP contribution >= 0.6 is 22.6 Å². The highest BCUT2D eigenvalue weighted by Crippen LogP contribution is 2.36. The number of para-hydroxylation sites is 1. The summed E-state index contributed by atoms with van der Waals surface area (Å²) in [5.74, 6) is 0. The maximum Gasteiger partial charge on any atom is 0.105 e. The maximum absolute atomic E-state index is 3.49. The number of nitrogens with one attached hydrogen (secondary N) is 1. The van der Waals surface area contributed by atoms with Crippen LogP contribution in [0.25, 0.3) is 0 Å². The number of rotatable bonds is 2. The minimum absolute atomic E-state index is 0.368. The smallest absolute Gasteiger partial charge is 0.105 e. The molecule has 2 nitrogen and oxygen atoms in total. The molecule has 2 aromatic carbocycles. The van der Waals surface area contributed by atoms with Crippen molar-refractivity contribution in [2.24, 2.45) is 0 Å². The molecule has 3 rings (SSSR count). The van der Waals surface area contributed by atoms with Gasteiger partial charge in [-0.3, -0.25) is 0 Å². The second kappa shape index (κ2) is 4.66. The molecule has 1 N–H and O–H groups in total. The first-order chi connectivity index (χ1) is 8.34. The molecular weight excluding hydrogens is 323 g/mol. The van der Waals surface area contributed by atoms with Crippen molar-refractivity contribution in [3.8, 4) is 0 Å². The van der Waals surface area contributed by atoms with E-state index in [-0.39, 0.29) is 0 Å². The summed E-state index contributed by atoms with van der Waals surface area (Å²) in [5, 5.41) is 2.22. The highest BCUT2D eigenvalue weighted by Gasteiger charge is 2.25. The highest BCUT2D eigenvalue weighted by atomic mass is 127. The molecule has 0 fully saturated rings. The summed E-state index contributed by atoms with van der Waals surface area (Å²) in [6.07, 6.45) is 0. The SMILES string of the molecule is IC1NN(Cc2ccccc2)c2ccccc21. The Kier molecular flexibility index (Phi) is 3.03. The van der Waals surface area contributed by atoms with Crippen molar-refractivity contribution in [1.82, 2.24) is 5.43 Å². The number of halogens is 1. The summed E-state index contributed by atoms with van der Waals surface area (Å²) in [5.41, 5.74) is 7.46. The normalized spacial score (nSPS) is 18.2. The Morgan fingerprint density at radius 3 is 2.53 bits per heavy atom. The Morgan fingerprint density at radius 1 is 1.00 bits per heavy atom. The van der Waals surface area contributed by atoms with Crippen LogP contribution in [0.5, 0.6) is 0 Å². The third kappa shape index (κ3) is 2.17. The molecule has 0 bridgehead atoms. The van der Waals surface area contributed by atoms with Crippen molar-refractivity contribution in [2.75, 3.05) is 5.01 Å². The minimum Gasteiger partial charge on any atom is -0.302 e. The average molecular weight is 336 g/mol. The van der Waals surface area contributed by atoms with Gasteiger partial charge in [-0.15, -0.1) is 0 Å². The second-order valence-corrected chi connectivity index (χ2v) is 5.37. The Labute approximate surface area is 115 Å². The minimum atomic E-state index is 0.368. The molecule has 2 aromatic rings. The van der Waals surface area contributed by atoms with Crippen LogP contribution in [-0.4, -0.2) is 0 Å². The maximum atomic E-state index is 3.49. The number of hydrazine groups is 1. The van der Waals surface area contributed by atoms with Gasteiger partial charge in [-0.25, -0.2) is 5.43 Å². The van der Waals surface area contributed by atoms with Gasteiger partial charge in [0.15, 0.2) is 0 Å². The standard InChI is InChI=1S/C14H13IN2/c15-14-12-8-4-5-9-13(12)17(16-14)10-11-6-2-1-3-7-11/h1-9,14,16H,10H2. The average Bonchev–Trinajstić information content (AvgIpc) is 2.69. The van der Waals surface area contributed by atoms with Crippen LogP contribution < -0.4 is 10.4 Å². The van der Waals surface area contributed by atoms with Crippen LogP contribution in [0.15, 0.2) is 54.6 Å². The molecule has 0 amide bonds. The first-order valence-electron chi connectivity index (χ1n) is 5.65. The zero-order chi connectivity index (χ0) is 11.7. The van der Waals surface area contributed by atoms with E-state index in [0.29, 0.717) is 4.05 Å². The molecule has 1 unspecified atom stereocenters. The van der Waals surface area contributed by atoms with Gasteiger partial charge in [-0.1, -0.05) is 71.1 Å². The van der Waals surface area contributed by atoms with Gasteiger partial charge in [-0.05, 0) is 11.6 Å². The summed E-state index contributed by atoms with van der Waals surface area (Å²) < 4.78 is 0.368. The van der Waals surface area contributed by atoms with Gasteiger partial charge >= 0.3 is 0 Å². The van der Waals surface area contributed by atoms with Crippen molar-refractivity contribution in [1.29, 1.82) is 0 Å². The molecule has 1 aliphatic heterocycles. The van der Waals surface area contributed by atoms with Crippen molar-refractivity contribution in [2.45, 2.75) is 10.6 Å². The molecule has 17 heavy (non-hydrogen) atoms. The molecule has 1 heterocycles. The monoisotopic (exact) mass is 336 g/mol. The number of nitrogens with zero attached hydrogens (tertiary/aromatic N) is 1. The zero-order valence-electron chi connectivity index (χ0n) is 9.31. The summed E-state index contributed by atoms with van der Waals surface area (Å²) in [6, 6.07) is 19.1. The molecule has 0 aromatic heterocycles. The van der Waals surface area contributed by atoms with E-state index >= 15 is 0 Å². The lowest BCUT2D eigenvalue weighted by atomic mass is 10.2. The number of alkyl halides is 1. The predicted molar refractivity (Wildman–Crippen MR) is 79.0 cm³/mol. The number of fused-ring (bicyclic) bond motifs is 1. The molecule has 0 spiro atoms. The van der Waals surface area contributed by atoms with E-state index in [0.717, 1.165) is 6.54 Å². The molecule has 0 aliphatic carbocycles. The second-order valence-electron chi connectivity index (χ2n) is 4.12. The van der Waals surface area contributed by atoms with Crippen LogP contribution in [0.3, 0.4) is 0 Å². The van der Waals surface area contributed by atoms with Crippen molar-refractivity contribution >= 4 is 28.3 Å². The number of hydrogen-bond acceptors (Lipinski definition) is 2. The van der Waals surface area contributed by atoms with Crippen LogP contribution in [0.4, 0.5) is 5.69 Å². The van der Waals surface area contributed by atoms with Gasteiger partial charge < -0.3 is 5.01 Å². The molecule has 1 aliphatic rings. The van der Waals surface area contributed by atoms with E-state index in [1.54, 1.807) is 0 Å². The predicted octanol–water partition coefficient (Wildman–Crippen LogP) is 3.65. The fraction of sp³-hybridized carbons (Fsp3) is 0.143. The van der Waals surface area contributed by atoms with Crippen LogP contribution in [-0.2, 0) is 6.54 Å². The molecule has 1 atom stereocenters. The van der Waals surface area contributed by atoms with E-state index < -0.39 is 0 Å².